The van der Waals surface area contributed by atoms with Crippen molar-refractivity contribution in [3.8, 4) is 0 Å². The average molecular weight is 272 g/mol. The van der Waals surface area contributed by atoms with E-state index in [-0.39, 0.29) is 6.10 Å². The van der Waals surface area contributed by atoms with E-state index >= 15 is 0 Å². The largest absolute Gasteiger partial charge is 0.372 e. The van der Waals surface area contributed by atoms with Crippen LogP contribution in [-0.4, -0.2) is 22.4 Å². The van der Waals surface area contributed by atoms with Crippen LogP contribution < -0.4 is 5.73 Å². The second-order valence-corrected chi connectivity index (χ2v) is 5.48. The van der Waals surface area contributed by atoms with E-state index in [2.05, 4.69) is 5.10 Å². The Morgan fingerprint density at radius 2 is 2.17 bits per heavy atom. The quantitative estimate of drug-likeness (QED) is 0.915. The van der Waals surface area contributed by atoms with Crippen LogP contribution in [0.25, 0.3) is 0 Å². The van der Waals surface area contributed by atoms with Crippen LogP contribution in [0.2, 0.25) is 5.02 Å². The molecule has 1 fully saturated rings. The third-order valence-corrected chi connectivity index (χ3v) is 4.33. The van der Waals surface area contributed by atoms with Crippen LogP contribution in [0, 0.1) is 12.8 Å². The lowest BCUT2D eigenvalue weighted by atomic mass is 9.86. The molecule has 1 aromatic rings. The minimum atomic E-state index is 0.273. The number of nitrogens with zero attached hydrogens (tertiary/aromatic N) is 2. The van der Waals surface area contributed by atoms with Crippen molar-refractivity contribution in [3.05, 3.63) is 16.4 Å². The fraction of sp³-hybridized carbons (Fsp3) is 0.769. The first-order chi connectivity index (χ1) is 8.63. The number of nitrogens with two attached hydrogens (primary N) is 1. The zero-order valence-electron chi connectivity index (χ0n) is 11.2. The highest BCUT2D eigenvalue weighted by atomic mass is 35.5. The molecule has 1 saturated carbocycles. The molecule has 2 N–H and O–H groups in total. The zero-order valence-corrected chi connectivity index (χ0v) is 11.9. The maximum atomic E-state index is 6.21. The summed E-state index contributed by atoms with van der Waals surface area (Å²) in [4.78, 5) is 0. The second kappa shape index (κ2) is 6.04. The van der Waals surface area contributed by atoms with Crippen molar-refractivity contribution < 1.29 is 4.74 Å². The van der Waals surface area contributed by atoms with Crippen molar-refractivity contribution in [2.45, 2.75) is 45.3 Å². The molecule has 1 aromatic heterocycles. The van der Waals surface area contributed by atoms with E-state index in [0.29, 0.717) is 19.1 Å². The molecule has 5 heteroatoms. The lowest BCUT2D eigenvalue weighted by Gasteiger charge is -2.30. The van der Waals surface area contributed by atoms with E-state index in [1.807, 2.05) is 14.0 Å². The monoisotopic (exact) mass is 271 g/mol. The third-order valence-electron chi connectivity index (χ3n) is 3.84. The Balaban J connectivity index is 1.98. The van der Waals surface area contributed by atoms with Crippen molar-refractivity contribution in [1.29, 1.82) is 0 Å². The zero-order chi connectivity index (χ0) is 13.1. The first kappa shape index (κ1) is 13.8. The van der Waals surface area contributed by atoms with Gasteiger partial charge in [-0.15, -0.1) is 0 Å². The topological polar surface area (TPSA) is 53.1 Å². The average Bonchev–Trinajstić information content (AvgIpc) is 2.62. The first-order valence-corrected chi connectivity index (χ1v) is 7.01. The summed E-state index contributed by atoms with van der Waals surface area (Å²) in [5.41, 5.74) is 7.62. The lowest BCUT2D eigenvalue weighted by Crippen LogP contribution is -2.33. The van der Waals surface area contributed by atoms with Crippen molar-refractivity contribution in [2.24, 2.45) is 18.7 Å². The number of ether oxygens (including phenoxy) is 1. The van der Waals surface area contributed by atoms with Gasteiger partial charge in [-0.2, -0.15) is 5.10 Å². The van der Waals surface area contributed by atoms with Crippen molar-refractivity contribution in [2.75, 3.05) is 6.54 Å². The number of hydrogen-bond donors (Lipinski definition) is 1. The number of aryl methyl sites for hydroxylation is 2. The van der Waals surface area contributed by atoms with Crippen molar-refractivity contribution in [3.63, 3.8) is 0 Å². The SMILES string of the molecule is Cc1nn(C)c(COC2CCCCC2CN)c1Cl. The van der Waals surface area contributed by atoms with Gasteiger partial charge in [0.05, 0.1) is 29.1 Å². The Morgan fingerprint density at radius 3 is 2.78 bits per heavy atom. The Bertz CT molecular complexity index is 405. The van der Waals surface area contributed by atoms with E-state index in [4.69, 9.17) is 22.1 Å². The summed E-state index contributed by atoms with van der Waals surface area (Å²) in [6.07, 6.45) is 5.07. The van der Waals surface area contributed by atoms with E-state index < -0.39 is 0 Å². The molecule has 102 valence electrons. The molecule has 2 atom stereocenters. The highest BCUT2D eigenvalue weighted by Gasteiger charge is 2.25. The summed E-state index contributed by atoms with van der Waals surface area (Å²) >= 11 is 6.21. The van der Waals surface area contributed by atoms with E-state index in [1.165, 1.54) is 19.3 Å². The molecule has 0 bridgehead atoms. The minimum absolute atomic E-state index is 0.273. The van der Waals surface area contributed by atoms with Crippen LogP contribution in [0.5, 0.6) is 0 Å². The van der Waals surface area contributed by atoms with Gasteiger partial charge in [-0.05, 0) is 32.2 Å². The summed E-state index contributed by atoms with van der Waals surface area (Å²) in [5, 5.41) is 5.01. The molecular weight excluding hydrogens is 250 g/mol. The van der Waals surface area contributed by atoms with Gasteiger partial charge in [-0.25, -0.2) is 0 Å². The number of rotatable bonds is 4. The number of halogens is 1. The molecule has 0 amide bonds. The minimum Gasteiger partial charge on any atom is -0.372 e. The van der Waals surface area contributed by atoms with E-state index in [0.717, 1.165) is 22.8 Å². The molecule has 1 aliphatic carbocycles. The van der Waals surface area contributed by atoms with E-state index in [9.17, 15) is 0 Å². The first-order valence-electron chi connectivity index (χ1n) is 6.63. The van der Waals surface area contributed by atoms with Crippen molar-refractivity contribution >= 4 is 11.6 Å². The van der Waals surface area contributed by atoms with Gasteiger partial charge >= 0.3 is 0 Å². The summed E-state index contributed by atoms with van der Waals surface area (Å²) in [7, 11) is 1.90. The standard InChI is InChI=1S/C13H22ClN3O/c1-9-13(14)11(17(2)16-9)8-18-12-6-4-3-5-10(12)7-15/h10,12H,3-8,15H2,1-2H3. The van der Waals surface area contributed by atoms with Crippen LogP contribution >= 0.6 is 11.6 Å². The summed E-state index contributed by atoms with van der Waals surface area (Å²) in [6, 6.07) is 0. The molecular formula is C13H22ClN3O. The molecule has 2 unspecified atom stereocenters. The lowest BCUT2D eigenvalue weighted by molar-refractivity contribution is -0.0206. The molecule has 0 radical (unpaired) electrons. The summed E-state index contributed by atoms with van der Waals surface area (Å²) in [5.74, 6) is 0.492. The van der Waals surface area contributed by atoms with Crippen LogP contribution in [-0.2, 0) is 18.4 Å². The normalized spacial score (nSPS) is 24.4. The molecule has 0 aliphatic heterocycles. The molecule has 0 saturated heterocycles. The predicted octanol–water partition coefficient (Wildman–Crippen LogP) is 2.42. The maximum Gasteiger partial charge on any atom is 0.0903 e. The van der Waals surface area contributed by atoms with Crippen LogP contribution in [0.1, 0.15) is 37.1 Å². The molecule has 2 rings (SSSR count). The maximum absolute atomic E-state index is 6.21. The smallest absolute Gasteiger partial charge is 0.0903 e. The fourth-order valence-corrected chi connectivity index (χ4v) is 2.90. The molecule has 0 spiro atoms. The highest BCUT2D eigenvalue weighted by molar-refractivity contribution is 6.31. The summed E-state index contributed by atoms with van der Waals surface area (Å²) < 4.78 is 7.83. The van der Waals surface area contributed by atoms with Crippen molar-refractivity contribution in [1.82, 2.24) is 9.78 Å². The highest BCUT2D eigenvalue weighted by Crippen LogP contribution is 2.28. The van der Waals surface area contributed by atoms with Crippen LogP contribution in [0.4, 0.5) is 0 Å². The Kier molecular flexibility index (Phi) is 4.65. The molecule has 4 nitrogen and oxygen atoms in total. The van der Waals surface area contributed by atoms with Gasteiger partial charge < -0.3 is 10.5 Å². The molecule has 18 heavy (non-hydrogen) atoms. The Hall–Kier alpha value is -0.580. The molecule has 1 aliphatic rings. The molecule has 1 heterocycles. The van der Waals surface area contributed by atoms with Gasteiger partial charge in [0.15, 0.2) is 0 Å². The second-order valence-electron chi connectivity index (χ2n) is 5.10. The van der Waals surface area contributed by atoms with E-state index in [1.54, 1.807) is 4.68 Å². The van der Waals surface area contributed by atoms with Crippen LogP contribution in [0.3, 0.4) is 0 Å². The third kappa shape index (κ3) is 2.87. The predicted molar refractivity (Wildman–Crippen MR) is 72.5 cm³/mol. The summed E-state index contributed by atoms with van der Waals surface area (Å²) in [6.45, 7) is 3.15. The van der Waals surface area contributed by atoms with Crippen LogP contribution in [0.15, 0.2) is 0 Å². The Morgan fingerprint density at radius 1 is 1.44 bits per heavy atom. The Labute approximate surface area is 113 Å². The van der Waals surface area contributed by atoms with Gasteiger partial charge in [-0.1, -0.05) is 24.4 Å². The fourth-order valence-electron chi connectivity index (χ4n) is 2.69. The van der Waals surface area contributed by atoms with Gasteiger partial charge in [0.1, 0.15) is 0 Å². The number of hydrogen-bond acceptors (Lipinski definition) is 3. The number of aromatic nitrogens is 2. The van der Waals surface area contributed by atoms with Gasteiger partial charge in [0.25, 0.3) is 0 Å². The van der Waals surface area contributed by atoms with Gasteiger partial charge in [-0.3, -0.25) is 4.68 Å². The van der Waals surface area contributed by atoms with Gasteiger partial charge in [0, 0.05) is 7.05 Å². The molecule has 0 aromatic carbocycles. The van der Waals surface area contributed by atoms with Gasteiger partial charge in [0.2, 0.25) is 0 Å².